The molecule has 0 atom stereocenters. The normalized spacial score (nSPS) is 10.1. The summed E-state index contributed by atoms with van der Waals surface area (Å²) < 4.78 is 0.850. The van der Waals surface area contributed by atoms with Crippen LogP contribution in [0.15, 0.2) is 35.2 Å². The van der Waals surface area contributed by atoms with Crippen molar-refractivity contribution in [3.8, 4) is 0 Å². The van der Waals surface area contributed by atoms with Crippen LogP contribution >= 0.6 is 15.9 Å². The number of aromatic amines is 1. The lowest BCUT2D eigenvalue weighted by molar-refractivity contribution is 0.0951. The minimum atomic E-state index is -0.142. The van der Waals surface area contributed by atoms with Crippen LogP contribution in [0, 0.1) is 0 Å². The zero-order chi connectivity index (χ0) is 12.8. The Kier molecular flexibility index (Phi) is 4.30. The van der Waals surface area contributed by atoms with Gasteiger partial charge in [-0.3, -0.25) is 4.79 Å². The van der Waals surface area contributed by atoms with Gasteiger partial charge in [0.25, 0.3) is 5.91 Å². The lowest BCUT2D eigenvalue weighted by atomic mass is 10.4. The molecule has 0 aliphatic heterocycles. The topological polar surface area (TPSA) is 82.7 Å². The van der Waals surface area contributed by atoms with E-state index in [1.165, 1.54) is 0 Å². The van der Waals surface area contributed by atoms with Gasteiger partial charge in [0.1, 0.15) is 5.69 Å². The molecule has 0 bridgehead atoms. The Hall–Kier alpha value is -1.89. The van der Waals surface area contributed by atoms with Crippen LogP contribution in [0.1, 0.15) is 10.5 Å². The summed E-state index contributed by atoms with van der Waals surface area (Å²) in [6, 6.07) is 3.47. The second-order valence-electron chi connectivity index (χ2n) is 3.49. The van der Waals surface area contributed by atoms with Gasteiger partial charge >= 0.3 is 0 Å². The number of nitrogens with one attached hydrogen (secondary N) is 3. The predicted octanol–water partition coefficient (Wildman–Crippen LogP) is 1.41. The molecular weight excluding hydrogens is 298 g/mol. The fraction of sp³-hybridized carbons (Fsp3) is 0.182. The summed E-state index contributed by atoms with van der Waals surface area (Å²) in [5.41, 5.74) is 0.526. The van der Waals surface area contributed by atoms with Gasteiger partial charge in [0.15, 0.2) is 0 Å². The molecule has 2 aromatic rings. The Balaban J connectivity index is 1.71. The third kappa shape index (κ3) is 3.56. The fourth-order valence-corrected chi connectivity index (χ4v) is 1.68. The van der Waals surface area contributed by atoms with E-state index in [1.807, 2.05) is 0 Å². The number of H-pyrrole nitrogens is 1. The Morgan fingerprint density at radius 1 is 1.33 bits per heavy atom. The van der Waals surface area contributed by atoms with Gasteiger partial charge in [0, 0.05) is 36.2 Å². The first kappa shape index (κ1) is 12.6. The number of amides is 1. The third-order valence-corrected chi connectivity index (χ3v) is 2.61. The number of anilines is 1. The molecule has 2 heterocycles. The number of nitrogens with zero attached hydrogens (tertiary/aromatic N) is 2. The van der Waals surface area contributed by atoms with E-state index in [-0.39, 0.29) is 5.91 Å². The maximum atomic E-state index is 11.6. The molecule has 0 spiro atoms. The quantitative estimate of drug-likeness (QED) is 0.729. The number of hydrogen-bond acceptors (Lipinski definition) is 4. The number of carbonyl (C=O) groups excluding carboxylic acids is 1. The van der Waals surface area contributed by atoms with Crippen LogP contribution < -0.4 is 10.6 Å². The minimum absolute atomic E-state index is 0.142. The summed E-state index contributed by atoms with van der Waals surface area (Å²) in [6.07, 6.45) is 5.03. The molecule has 6 nitrogen and oxygen atoms in total. The maximum absolute atomic E-state index is 11.6. The monoisotopic (exact) mass is 309 g/mol. The Labute approximate surface area is 112 Å². The predicted molar refractivity (Wildman–Crippen MR) is 71.3 cm³/mol. The Morgan fingerprint density at radius 2 is 2.11 bits per heavy atom. The molecule has 3 N–H and O–H groups in total. The van der Waals surface area contributed by atoms with Crippen molar-refractivity contribution in [3.05, 3.63) is 40.9 Å². The highest BCUT2D eigenvalue weighted by atomic mass is 79.9. The summed E-state index contributed by atoms with van der Waals surface area (Å²) in [4.78, 5) is 22.5. The lowest BCUT2D eigenvalue weighted by Crippen LogP contribution is -2.29. The van der Waals surface area contributed by atoms with Gasteiger partial charge < -0.3 is 15.6 Å². The Bertz CT molecular complexity index is 513. The van der Waals surface area contributed by atoms with E-state index >= 15 is 0 Å². The molecule has 2 aromatic heterocycles. The molecule has 0 saturated heterocycles. The molecular formula is C11H12BrN5O. The van der Waals surface area contributed by atoms with Crippen molar-refractivity contribution in [1.82, 2.24) is 20.3 Å². The molecule has 0 fully saturated rings. The first-order chi connectivity index (χ1) is 8.75. The molecule has 1 amide bonds. The highest BCUT2D eigenvalue weighted by Gasteiger charge is 2.06. The van der Waals surface area contributed by atoms with E-state index in [0.29, 0.717) is 24.7 Å². The van der Waals surface area contributed by atoms with Crippen molar-refractivity contribution in [1.29, 1.82) is 0 Å². The summed E-state index contributed by atoms with van der Waals surface area (Å²) >= 11 is 3.27. The highest BCUT2D eigenvalue weighted by Crippen LogP contribution is 2.09. The van der Waals surface area contributed by atoms with E-state index < -0.39 is 0 Å². The molecule has 0 aliphatic rings. The average molecular weight is 310 g/mol. The van der Waals surface area contributed by atoms with Gasteiger partial charge in [0.05, 0.1) is 0 Å². The van der Waals surface area contributed by atoms with Crippen LogP contribution in [0.2, 0.25) is 0 Å². The van der Waals surface area contributed by atoms with Crippen LogP contribution in [-0.4, -0.2) is 33.9 Å². The van der Waals surface area contributed by atoms with E-state index in [0.717, 1.165) is 4.47 Å². The van der Waals surface area contributed by atoms with Crippen molar-refractivity contribution < 1.29 is 4.79 Å². The van der Waals surface area contributed by atoms with Crippen LogP contribution in [0.25, 0.3) is 0 Å². The molecule has 7 heteroatoms. The zero-order valence-corrected chi connectivity index (χ0v) is 11.1. The molecule has 0 saturated carbocycles. The standard InChI is InChI=1S/C11H12BrN5O/c12-8-6-9(17-7-8)10(18)13-4-5-16-11-14-2-1-3-15-11/h1-3,6-7,17H,4-5H2,(H,13,18)(H,14,15,16). The van der Waals surface area contributed by atoms with Crippen LogP contribution in [-0.2, 0) is 0 Å². The molecule has 18 heavy (non-hydrogen) atoms. The number of carbonyl (C=O) groups is 1. The average Bonchev–Trinajstić information content (AvgIpc) is 2.82. The number of rotatable bonds is 5. The van der Waals surface area contributed by atoms with E-state index in [1.54, 1.807) is 30.7 Å². The first-order valence-corrected chi connectivity index (χ1v) is 6.18. The van der Waals surface area contributed by atoms with Crippen LogP contribution in [0.3, 0.4) is 0 Å². The van der Waals surface area contributed by atoms with Crippen molar-refractivity contribution in [2.75, 3.05) is 18.4 Å². The van der Waals surface area contributed by atoms with Crippen molar-refractivity contribution >= 4 is 27.8 Å². The molecule has 0 unspecified atom stereocenters. The van der Waals surface area contributed by atoms with E-state index in [4.69, 9.17) is 0 Å². The van der Waals surface area contributed by atoms with Gasteiger partial charge in [-0.25, -0.2) is 9.97 Å². The van der Waals surface area contributed by atoms with Crippen LogP contribution in [0.4, 0.5) is 5.95 Å². The fourth-order valence-electron chi connectivity index (χ4n) is 1.33. The smallest absolute Gasteiger partial charge is 0.267 e. The van der Waals surface area contributed by atoms with Crippen molar-refractivity contribution in [3.63, 3.8) is 0 Å². The summed E-state index contributed by atoms with van der Waals surface area (Å²) in [6.45, 7) is 1.06. The van der Waals surface area contributed by atoms with Gasteiger partial charge in [-0.15, -0.1) is 0 Å². The molecule has 94 valence electrons. The van der Waals surface area contributed by atoms with E-state index in [2.05, 4.69) is 41.5 Å². The summed E-state index contributed by atoms with van der Waals surface area (Å²) in [5, 5.41) is 5.77. The third-order valence-electron chi connectivity index (χ3n) is 2.15. The molecule has 0 aromatic carbocycles. The first-order valence-electron chi connectivity index (χ1n) is 5.39. The summed E-state index contributed by atoms with van der Waals surface area (Å²) in [5.74, 6) is 0.408. The maximum Gasteiger partial charge on any atom is 0.267 e. The van der Waals surface area contributed by atoms with Gasteiger partial charge in [-0.05, 0) is 28.1 Å². The second kappa shape index (κ2) is 6.15. The zero-order valence-electron chi connectivity index (χ0n) is 9.48. The molecule has 0 aliphatic carbocycles. The summed E-state index contributed by atoms with van der Waals surface area (Å²) in [7, 11) is 0. The van der Waals surface area contributed by atoms with Crippen molar-refractivity contribution in [2.45, 2.75) is 0 Å². The van der Waals surface area contributed by atoms with Crippen molar-refractivity contribution in [2.24, 2.45) is 0 Å². The Morgan fingerprint density at radius 3 is 2.78 bits per heavy atom. The van der Waals surface area contributed by atoms with Gasteiger partial charge in [0.2, 0.25) is 5.95 Å². The molecule has 0 radical (unpaired) electrons. The lowest BCUT2D eigenvalue weighted by Gasteiger charge is -2.05. The van der Waals surface area contributed by atoms with Gasteiger partial charge in [-0.2, -0.15) is 0 Å². The number of aromatic nitrogens is 3. The number of hydrogen-bond donors (Lipinski definition) is 3. The highest BCUT2D eigenvalue weighted by molar-refractivity contribution is 9.10. The number of halogens is 1. The largest absolute Gasteiger partial charge is 0.356 e. The minimum Gasteiger partial charge on any atom is -0.356 e. The van der Waals surface area contributed by atoms with Crippen LogP contribution in [0.5, 0.6) is 0 Å². The van der Waals surface area contributed by atoms with E-state index in [9.17, 15) is 4.79 Å². The van der Waals surface area contributed by atoms with Gasteiger partial charge in [-0.1, -0.05) is 0 Å². The molecule has 2 rings (SSSR count). The second-order valence-corrected chi connectivity index (χ2v) is 4.40. The SMILES string of the molecule is O=C(NCCNc1ncccn1)c1cc(Br)c[nH]1.